The predicted molar refractivity (Wildman–Crippen MR) is 115 cm³/mol. The van der Waals surface area contributed by atoms with Gasteiger partial charge in [0.15, 0.2) is 0 Å². The van der Waals surface area contributed by atoms with Gasteiger partial charge in [-0.05, 0) is 48.3 Å². The van der Waals surface area contributed by atoms with Crippen LogP contribution in [0.3, 0.4) is 0 Å². The molecular weight excluding hydrogens is 368 g/mol. The maximum Gasteiger partial charge on any atom is 0.262 e. The van der Waals surface area contributed by atoms with Gasteiger partial charge in [-0.15, -0.1) is 0 Å². The number of benzene rings is 2. The maximum absolute atomic E-state index is 12.3. The molecule has 28 heavy (non-hydrogen) atoms. The van der Waals surface area contributed by atoms with Crippen molar-refractivity contribution in [3.63, 3.8) is 0 Å². The smallest absolute Gasteiger partial charge is 0.262 e. The number of nitrogens with one attached hydrogen (secondary N) is 2. The molecule has 1 aliphatic carbocycles. The van der Waals surface area contributed by atoms with Crippen LogP contribution in [0.5, 0.6) is 0 Å². The number of amides is 2. The number of rotatable bonds is 4. The topological polar surface area (TPSA) is 58.2 Å². The van der Waals surface area contributed by atoms with Gasteiger partial charge in [-0.1, -0.05) is 61.0 Å². The number of para-hydroxylation sites is 1. The van der Waals surface area contributed by atoms with E-state index in [0.717, 1.165) is 34.6 Å². The van der Waals surface area contributed by atoms with Crippen molar-refractivity contribution < 1.29 is 9.59 Å². The first-order valence-electron chi connectivity index (χ1n) is 9.56. The summed E-state index contributed by atoms with van der Waals surface area (Å²) in [6, 6.07) is 15.9. The molecule has 142 valence electrons. The molecule has 5 heteroatoms. The minimum absolute atomic E-state index is 0.0352. The third-order valence-corrected chi connectivity index (χ3v) is 6.04. The van der Waals surface area contributed by atoms with E-state index in [9.17, 15) is 9.59 Å². The van der Waals surface area contributed by atoms with Crippen LogP contribution in [-0.2, 0) is 9.59 Å². The summed E-state index contributed by atoms with van der Waals surface area (Å²) in [6.07, 6.45) is 9.86. The molecule has 2 aromatic carbocycles. The standard InChI is InChI=1S/C23H22N2O2S/c26-22(24-18-5-1-2-6-18)14-13-16-9-11-17(12-10-16)15-21-23(27)25-19-7-3-4-8-20(19)28-21/h3-4,7-15,18H,1-2,5-6H2,(H,24,26)(H,25,27)/b14-13+,21-15?. The Labute approximate surface area is 169 Å². The number of carbonyl (C=O) groups excluding carboxylic acids is 2. The highest BCUT2D eigenvalue weighted by atomic mass is 32.2. The van der Waals surface area contributed by atoms with Crippen LogP contribution in [-0.4, -0.2) is 17.9 Å². The van der Waals surface area contributed by atoms with Gasteiger partial charge in [0.25, 0.3) is 5.91 Å². The molecule has 0 bridgehead atoms. The van der Waals surface area contributed by atoms with Gasteiger partial charge in [-0.3, -0.25) is 9.59 Å². The van der Waals surface area contributed by atoms with Crippen molar-refractivity contribution in [1.82, 2.24) is 5.32 Å². The SMILES string of the molecule is O=C(/C=C/c1ccc(C=C2Sc3ccccc3NC2=O)cc1)NC1CCCC1. The fourth-order valence-electron chi connectivity index (χ4n) is 3.45. The van der Waals surface area contributed by atoms with E-state index < -0.39 is 0 Å². The van der Waals surface area contributed by atoms with Gasteiger partial charge in [-0.25, -0.2) is 0 Å². The lowest BCUT2D eigenvalue weighted by atomic mass is 10.1. The summed E-state index contributed by atoms with van der Waals surface area (Å²) in [5.74, 6) is -0.122. The van der Waals surface area contributed by atoms with E-state index in [2.05, 4.69) is 10.6 Å². The first kappa shape index (κ1) is 18.6. The van der Waals surface area contributed by atoms with Gasteiger partial charge in [0.05, 0.1) is 10.6 Å². The minimum atomic E-state index is -0.0868. The van der Waals surface area contributed by atoms with Crippen molar-refractivity contribution in [2.45, 2.75) is 36.6 Å². The molecule has 4 nitrogen and oxygen atoms in total. The number of fused-ring (bicyclic) bond motifs is 1. The van der Waals surface area contributed by atoms with E-state index in [1.165, 1.54) is 24.6 Å². The molecule has 2 amide bonds. The summed E-state index contributed by atoms with van der Waals surface area (Å²) >= 11 is 1.48. The van der Waals surface area contributed by atoms with Crippen LogP contribution >= 0.6 is 11.8 Å². The molecule has 0 aromatic heterocycles. The summed E-state index contributed by atoms with van der Waals surface area (Å²) in [6.45, 7) is 0. The van der Waals surface area contributed by atoms with Crippen LogP contribution in [0.4, 0.5) is 5.69 Å². The molecule has 0 radical (unpaired) electrons. The molecular formula is C23H22N2O2S. The van der Waals surface area contributed by atoms with Crippen molar-refractivity contribution in [2.24, 2.45) is 0 Å². The van der Waals surface area contributed by atoms with Crippen LogP contribution < -0.4 is 10.6 Å². The van der Waals surface area contributed by atoms with Crippen molar-refractivity contribution in [3.8, 4) is 0 Å². The number of anilines is 1. The minimum Gasteiger partial charge on any atom is -0.350 e. The monoisotopic (exact) mass is 390 g/mol. The second-order valence-electron chi connectivity index (χ2n) is 7.05. The lowest BCUT2D eigenvalue weighted by molar-refractivity contribution is -0.117. The van der Waals surface area contributed by atoms with Crippen LogP contribution in [0.15, 0.2) is 64.4 Å². The fourth-order valence-corrected chi connectivity index (χ4v) is 4.40. The van der Waals surface area contributed by atoms with Gasteiger partial charge in [0.2, 0.25) is 5.91 Å². The first-order valence-corrected chi connectivity index (χ1v) is 10.4. The van der Waals surface area contributed by atoms with Crippen molar-refractivity contribution >= 4 is 41.4 Å². The molecule has 1 aliphatic heterocycles. The maximum atomic E-state index is 12.3. The van der Waals surface area contributed by atoms with Crippen molar-refractivity contribution in [1.29, 1.82) is 0 Å². The molecule has 0 saturated heterocycles. The molecule has 2 aliphatic rings. The summed E-state index contributed by atoms with van der Waals surface area (Å²) in [5, 5.41) is 5.97. The molecule has 0 atom stereocenters. The largest absolute Gasteiger partial charge is 0.350 e. The van der Waals surface area contributed by atoms with E-state index in [1.807, 2.05) is 60.7 Å². The van der Waals surface area contributed by atoms with Crippen LogP contribution in [0.25, 0.3) is 12.2 Å². The average molecular weight is 391 g/mol. The van der Waals surface area contributed by atoms with Gasteiger partial charge >= 0.3 is 0 Å². The van der Waals surface area contributed by atoms with Crippen molar-refractivity contribution in [3.05, 3.63) is 70.6 Å². The van der Waals surface area contributed by atoms with Crippen LogP contribution in [0, 0.1) is 0 Å². The molecule has 2 aromatic rings. The Morgan fingerprint density at radius 3 is 2.54 bits per heavy atom. The molecule has 0 spiro atoms. The second kappa shape index (κ2) is 8.48. The summed E-state index contributed by atoms with van der Waals surface area (Å²) in [7, 11) is 0. The van der Waals surface area contributed by atoms with E-state index in [0.29, 0.717) is 10.9 Å². The lowest BCUT2D eigenvalue weighted by Crippen LogP contribution is -2.30. The Bertz CT molecular complexity index is 941. The fraction of sp³-hybridized carbons (Fsp3) is 0.217. The highest BCUT2D eigenvalue weighted by Gasteiger charge is 2.20. The van der Waals surface area contributed by atoms with Gasteiger partial charge in [0.1, 0.15) is 0 Å². The highest BCUT2D eigenvalue weighted by Crippen LogP contribution is 2.38. The third kappa shape index (κ3) is 4.54. The van der Waals surface area contributed by atoms with E-state index in [1.54, 1.807) is 6.08 Å². The molecule has 0 unspecified atom stereocenters. The zero-order chi connectivity index (χ0) is 19.3. The van der Waals surface area contributed by atoms with Gasteiger partial charge in [0, 0.05) is 17.0 Å². The average Bonchev–Trinajstić information content (AvgIpc) is 3.21. The quantitative estimate of drug-likeness (QED) is 0.734. The Morgan fingerprint density at radius 2 is 1.75 bits per heavy atom. The zero-order valence-electron chi connectivity index (χ0n) is 15.5. The lowest BCUT2D eigenvalue weighted by Gasteiger charge is -2.18. The summed E-state index contributed by atoms with van der Waals surface area (Å²) in [4.78, 5) is 26.0. The van der Waals surface area contributed by atoms with E-state index >= 15 is 0 Å². The summed E-state index contributed by atoms with van der Waals surface area (Å²) in [5.41, 5.74) is 2.76. The Kier molecular flexibility index (Phi) is 5.63. The third-order valence-electron chi connectivity index (χ3n) is 4.94. The van der Waals surface area contributed by atoms with E-state index in [-0.39, 0.29) is 11.8 Å². The molecule has 1 heterocycles. The molecule has 2 N–H and O–H groups in total. The van der Waals surface area contributed by atoms with Gasteiger partial charge in [-0.2, -0.15) is 0 Å². The number of hydrogen-bond acceptors (Lipinski definition) is 3. The van der Waals surface area contributed by atoms with Crippen LogP contribution in [0.1, 0.15) is 36.8 Å². The number of thioether (sulfide) groups is 1. The summed E-state index contributed by atoms with van der Waals surface area (Å²) < 4.78 is 0. The normalized spacial score (nSPS) is 18.3. The van der Waals surface area contributed by atoms with E-state index in [4.69, 9.17) is 0 Å². The number of hydrogen-bond donors (Lipinski definition) is 2. The highest BCUT2D eigenvalue weighted by molar-refractivity contribution is 8.04. The molecule has 1 saturated carbocycles. The van der Waals surface area contributed by atoms with Crippen LogP contribution in [0.2, 0.25) is 0 Å². The number of carbonyl (C=O) groups is 2. The van der Waals surface area contributed by atoms with Gasteiger partial charge < -0.3 is 10.6 Å². The van der Waals surface area contributed by atoms with Crippen molar-refractivity contribution in [2.75, 3.05) is 5.32 Å². The first-order chi connectivity index (χ1) is 13.7. The zero-order valence-corrected chi connectivity index (χ0v) is 16.3. The molecule has 4 rings (SSSR count). The second-order valence-corrected chi connectivity index (χ2v) is 8.13. The molecule has 1 fully saturated rings. The Morgan fingerprint density at radius 1 is 1.04 bits per heavy atom. The Hall–Kier alpha value is -2.79. The Balaban J connectivity index is 1.40. The predicted octanol–water partition coefficient (Wildman–Crippen LogP) is 4.84.